The Balaban J connectivity index is 4.29. The summed E-state index contributed by atoms with van der Waals surface area (Å²) in [4.78, 5) is 25.7. The zero-order valence-electron chi connectivity index (χ0n) is 49.9. The fraction of sp³-hybridized carbons (Fsp3) is 0.826. The molecule has 0 amide bonds. The molecule has 0 heterocycles. The summed E-state index contributed by atoms with van der Waals surface area (Å²) in [5.74, 6) is -0.391. The highest BCUT2D eigenvalue weighted by molar-refractivity contribution is 5.70. The number of carbonyl (C=O) groups excluding carboxylic acids is 2. The largest absolute Gasteiger partial charge is 0.462 e. The van der Waals surface area contributed by atoms with Crippen LogP contribution >= 0.6 is 0 Å². The Morgan fingerprint density at radius 2 is 0.568 bits per heavy atom. The summed E-state index contributed by atoms with van der Waals surface area (Å²) in [5.41, 5.74) is 0. The van der Waals surface area contributed by atoms with Gasteiger partial charge in [-0.15, -0.1) is 0 Å². The maximum absolute atomic E-state index is 12.9. The van der Waals surface area contributed by atoms with Crippen molar-refractivity contribution in [3.05, 3.63) is 60.8 Å². The van der Waals surface area contributed by atoms with Crippen molar-refractivity contribution in [3.8, 4) is 0 Å². The minimum absolute atomic E-state index is 0.0811. The summed E-state index contributed by atoms with van der Waals surface area (Å²) < 4.78 is 17.6. The molecule has 0 radical (unpaired) electrons. The lowest BCUT2D eigenvalue weighted by Gasteiger charge is -2.18. The van der Waals surface area contributed by atoms with Crippen LogP contribution in [0.15, 0.2) is 60.8 Å². The number of allylic oxidation sites excluding steroid dienone is 10. The van der Waals surface area contributed by atoms with E-state index in [0.717, 1.165) is 51.4 Å². The van der Waals surface area contributed by atoms with Gasteiger partial charge in [0.15, 0.2) is 6.10 Å². The van der Waals surface area contributed by atoms with Crippen molar-refractivity contribution in [1.82, 2.24) is 0 Å². The molecule has 0 aliphatic rings. The van der Waals surface area contributed by atoms with Gasteiger partial charge >= 0.3 is 11.9 Å². The molecule has 0 aliphatic heterocycles. The monoisotopic (exact) mass is 1030 g/mol. The number of unbranched alkanes of at least 4 members (excludes halogenated alkanes) is 40. The Morgan fingerprint density at radius 3 is 0.946 bits per heavy atom. The highest BCUT2D eigenvalue weighted by Gasteiger charge is 2.18. The molecule has 0 N–H and O–H groups in total. The summed E-state index contributed by atoms with van der Waals surface area (Å²) in [5, 5.41) is 0. The third-order valence-corrected chi connectivity index (χ3v) is 14.5. The molecule has 432 valence electrons. The van der Waals surface area contributed by atoms with Crippen molar-refractivity contribution >= 4 is 11.9 Å². The zero-order chi connectivity index (χ0) is 53.4. The number of ether oxygens (including phenoxy) is 3. The van der Waals surface area contributed by atoms with Gasteiger partial charge in [-0.05, 0) is 109 Å². The Kier molecular flexibility index (Phi) is 62.8. The van der Waals surface area contributed by atoms with E-state index in [1.54, 1.807) is 0 Å². The first-order chi connectivity index (χ1) is 36.6. The predicted molar refractivity (Wildman–Crippen MR) is 325 cm³/mol. The van der Waals surface area contributed by atoms with Gasteiger partial charge in [-0.3, -0.25) is 9.59 Å². The second kappa shape index (κ2) is 64.9. The fourth-order valence-corrected chi connectivity index (χ4v) is 9.57. The van der Waals surface area contributed by atoms with Gasteiger partial charge in [-0.25, -0.2) is 0 Å². The highest BCUT2D eigenvalue weighted by atomic mass is 16.6. The van der Waals surface area contributed by atoms with Crippen molar-refractivity contribution < 1.29 is 23.8 Å². The number of hydrogen-bond acceptors (Lipinski definition) is 5. The average Bonchev–Trinajstić information content (AvgIpc) is 3.40. The molecule has 0 rings (SSSR count). The van der Waals surface area contributed by atoms with Gasteiger partial charge in [0.2, 0.25) is 0 Å². The van der Waals surface area contributed by atoms with E-state index in [1.807, 2.05) is 0 Å². The van der Waals surface area contributed by atoms with E-state index in [1.165, 1.54) is 257 Å². The molecule has 0 fully saturated rings. The van der Waals surface area contributed by atoms with Crippen LogP contribution in [0, 0.1) is 0 Å². The lowest BCUT2D eigenvalue weighted by Crippen LogP contribution is -2.30. The molecule has 0 spiro atoms. The van der Waals surface area contributed by atoms with E-state index in [2.05, 4.69) is 81.5 Å². The molecule has 0 aromatic rings. The second-order valence-electron chi connectivity index (χ2n) is 22.0. The average molecular weight is 1040 g/mol. The smallest absolute Gasteiger partial charge is 0.306 e. The normalized spacial score (nSPS) is 12.5. The summed E-state index contributed by atoms with van der Waals surface area (Å²) in [6, 6.07) is 0. The molecule has 1 unspecified atom stereocenters. The summed E-state index contributed by atoms with van der Waals surface area (Å²) in [6.45, 7) is 7.83. The molecular formula is C69H126O5. The van der Waals surface area contributed by atoms with Crippen LogP contribution in [0.3, 0.4) is 0 Å². The number of esters is 2. The van der Waals surface area contributed by atoms with E-state index < -0.39 is 6.10 Å². The van der Waals surface area contributed by atoms with Crippen LogP contribution in [-0.2, 0) is 23.8 Å². The Bertz CT molecular complexity index is 1260. The van der Waals surface area contributed by atoms with E-state index in [9.17, 15) is 9.59 Å². The molecule has 5 nitrogen and oxygen atoms in total. The maximum atomic E-state index is 12.9. The maximum Gasteiger partial charge on any atom is 0.306 e. The lowest BCUT2D eigenvalue weighted by atomic mass is 10.1. The van der Waals surface area contributed by atoms with Gasteiger partial charge in [0.25, 0.3) is 0 Å². The molecule has 74 heavy (non-hydrogen) atoms. The van der Waals surface area contributed by atoms with Gasteiger partial charge in [-0.2, -0.15) is 0 Å². The second-order valence-corrected chi connectivity index (χ2v) is 22.0. The summed E-state index contributed by atoms with van der Waals surface area (Å²) >= 11 is 0. The first kappa shape index (κ1) is 71.6. The van der Waals surface area contributed by atoms with Crippen molar-refractivity contribution in [3.63, 3.8) is 0 Å². The summed E-state index contributed by atoms with van der Waals surface area (Å²) in [6.07, 6.45) is 84.0. The minimum Gasteiger partial charge on any atom is -0.462 e. The first-order valence-corrected chi connectivity index (χ1v) is 32.8. The van der Waals surface area contributed by atoms with Gasteiger partial charge in [0, 0.05) is 19.4 Å². The molecule has 0 aliphatic carbocycles. The van der Waals surface area contributed by atoms with Gasteiger partial charge in [0.1, 0.15) is 6.61 Å². The van der Waals surface area contributed by atoms with Crippen molar-refractivity contribution in [2.75, 3.05) is 19.8 Å². The summed E-state index contributed by atoms with van der Waals surface area (Å²) in [7, 11) is 0. The zero-order valence-corrected chi connectivity index (χ0v) is 49.9. The Labute approximate surface area is 462 Å². The van der Waals surface area contributed by atoms with E-state index in [0.29, 0.717) is 19.4 Å². The molecule has 0 aromatic carbocycles. The van der Waals surface area contributed by atoms with Crippen molar-refractivity contribution in [1.29, 1.82) is 0 Å². The molecular weight excluding hydrogens is 909 g/mol. The standard InChI is InChI=1S/C69H126O5/c1-4-7-10-13-16-19-22-25-28-31-34-37-40-43-46-49-52-55-58-61-64-72-65-67(74-69(71)63-60-57-54-51-48-45-42-39-36-33-30-27-24-21-18-15-12-9-6-3)66-73-68(70)62-59-56-53-50-47-44-41-38-35-32-29-26-23-20-17-14-11-8-5-2/h16,19,25-30,34,37,67H,4-15,17-18,20-24,31-33,35-36,38-66H2,1-3H3/b19-16-,28-25-,29-26-,30-27-,37-34-. The van der Waals surface area contributed by atoms with Gasteiger partial charge in [0.05, 0.1) is 6.61 Å². The van der Waals surface area contributed by atoms with Gasteiger partial charge < -0.3 is 14.2 Å². The molecule has 0 saturated heterocycles. The van der Waals surface area contributed by atoms with E-state index in [4.69, 9.17) is 14.2 Å². The third-order valence-electron chi connectivity index (χ3n) is 14.5. The highest BCUT2D eigenvalue weighted by Crippen LogP contribution is 2.16. The lowest BCUT2D eigenvalue weighted by molar-refractivity contribution is -0.163. The molecule has 0 bridgehead atoms. The number of hydrogen-bond donors (Lipinski definition) is 0. The SMILES string of the molecule is CCCCC/C=C\C/C=C\C/C=C\CCCCCCCCCOCC(COC(=O)CCCCCCCCCCC/C=C\CCCCCCCC)OC(=O)CCCCCCCCCCC/C=C\CCCCCCCC. The molecule has 0 aromatic heterocycles. The number of carbonyl (C=O) groups is 2. The van der Waals surface area contributed by atoms with E-state index in [-0.39, 0.29) is 25.2 Å². The van der Waals surface area contributed by atoms with E-state index >= 15 is 0 Å². The fourth-order valence-electron chi connectivity index (χ4n) is 9.57. The molecule has 0 saturated carbocycles. The van der Waals surface area contributed by atoms with Crippen LogP contribution in [0.5, 0.6) is 0 Å². The van der Waals surface area contributed by atoms with Crippen LogP contribution in [0.2, 0.25) is 0 Å². The van der Waals surface area contributed by atoms with Crippen LogP contribution in [0.4, 0.5) is 0 Å². The Hall–Kier alpha value is -2.40. The van der Waals surface area contributed by atoms with Crippen LogP contribution in [0.1, 0.15) is 342 Å². The van der Waals surface area contributed by atoms with Gasteiger partial charge in [-0.1, -0.05) is 281 Å². The van der Waals surface area contributed by atoms with Crippen molar-refractivity contribution in [2.45, 2.75) is 348 Å². The van der Waals surface area contributed by atoms with Crippen LogP contribution in [-0.4, -0.2) is 37.9 Å². The van der Waals surface area contributed by atoms with Crippen LogP contribution < -0.4 is 0 Å². The minimum atomic E-state index is -0.546. The topological polar surface area (TPSA) is 61.8 Å². The quantitative estimate of drug-likeness (QED) is 0.0345. The van der Waals surface area contributed by atoms with Crippen LogP contribution in [0.25, 0.3) is 0 Å². The third kappa shape index (κ3) is 62.1. The van der Waals surface area contributed by atoms with Crippen molar-refractivity contribution in [2.24, 2.45) is 0 Å². The Morgan fingerprint density at radius 1 is 0.297 bits per heavy atom. The predicted octanol–water partition coefficient (Wildman–Crippen LogP) is 22.8. The number of rotatable bonds is 61. The molecule has 1 atom stereocenters. The first-order valence-electron chi connectivity index (χ1n) is 32.8. The molecule has 5 heteroatoms.